The third-order valence-corrected chi connectivity index (χ3v) is 8.82. The van der Waals surface area contributed by atoms with Crippen LogP contribution < -0.4 is 15.8 Å². The molecule has 2 unspecified atom stereocenters. The largest absolute Gasteiger partial charge is 0.375 e. The smallest absolute Gasteiger partial charge is 0.247 e. The number of nitrogens with one attached hydrogen (secondary N) is 2. The first kappa shape index (κ1) is 26.8. The molecule has 39 heavy (non-hydrogen) atoms. The first-order valence-electron chi connectivity index (χ1n) is 12.6. The number of nitrogens with zero attached hydrogens (tertiary/aromatic N) is 2. The highest BCUT2D eigenvalue weighted by molar-refractivity contribution is 7.88. The van der Waals surface area contributed by atoms with E-state index in [2.05, 4.69) is 15.0 Å². The molecule has 4 N–H and O–H groups in total. The number of carbonyl (C=O) groups is 2. The molecule has 1 aromatic heterocycles. The number of likely N-dealkylation sites (tertiary alicyclic amines) is 1. The number of amides is 2. The van der Waals surface area contributed by atoms with E-state index in [1.165, 1.54) is 16.2 Å². The molecule has 9 nitrogen and oxygen atoms in total. The van der Waals surface area contributed by atoms with Crippen molar-refractivity contribution in [2.24, 2.45) is 0 Å². The number of sulfonamides is 1. The maximum Gasteiger partial charge on any atom is 0.247 e. The van der Waals surface area contributed by atoms with Crippen LogP contribution >= 0.6 is 11.3 Å². The zero-order chi connectivity index (χ0) is 27.4. The van der Waals surface area contributed by atoms with Crippen LogP contribution in [0.2, 0.25) is 0 Å². The molecule has 1 fully saturated rings. The van der Waals surface area contributed by atoms with Crippen molar-refractivity contribution in [3.8, 4) is 0 Å². The Morgan fingerprint density at radius 3 is 2.44 bits per heavy atom. The molecule has 3 aromatic carbocycles. The summed E-state index contributed by atoms with van der Waals surface area (Å²) in [6.45, 7) is 0.368. The molecule has 0 spiro atoms. The van der Waals surface area contributed by atoms with Gasteiger partial charge in [0.05, 0.1) is 16.0 Å². The maximum absolute atomic E-state index is 13.8. The van der Waals surface area contributed by atoms with Crippen molar-refractivity contribution in [3.05, 3.63) is 90.0 Å². The first-order chi connectivity index (χ1) is 18.8. The summed E-state index contributed by atoms with van der Waals surface area (Å²) in [7, 11) is -3.85. The molecule has 0 aliphatic carbocycles. The molecular weight excluding hydrogens is 534 g/mol. The topological polar surface area (TPSA) is 134 Å². The molecule has 0 bridgehead atoms. The van der Waals surface area contributed by atoms with E-state index in [1.807, 2.05) is 36.4 Å². The quantitative estimate of drug-likeness (QED) is 0.285. The van der Waals surface area contributed by atoms with Gasteiger partial charge in [0, 0.05) is 12.2 Å². The number of anilines is 2. The highest BCUT2D eigenvalue weighted by atomic mass is 32.2. The number of benzene rings is 3. The summed E-state index contributed by atoms with van der Waals surface area (Å²) in [5.74, 6) is -0.983. The lowest BCUT2D eigenvalue weighted by Crippen LogP contribution is -2.53. The second-order valence-electron chi connectivity index (χ2n) is 9.52. The number of carbonyl (C=O) groups excluding carboxylic acids is 2. The Labute approximate surface area is 231 Å². The van der Waals surface area contributed by atoms with Gasteiger partial charge in [-0.05, 0) is 48.6 Å². The average Bonchev–Trinajstić information content (AvgIpc) is 3.54. The van der Waals surface area contributed by atoms with Gasteiger partial charge < -0.3 is 16.0 Å². The third kappa shape index (κ3) is 6.62. The van der Waals surface area contributed by atoms with Crippen molar-refractivity contribution < 1.29 is 18.0 Å². The maximum atomic E-state index is 13.8. The molecule has 1 aliphatic heterocycles. The van der Waals surface area contributed by atoms with Crippen LogP contribution in [0.15, 0.2) is 78.9 Å². The number of aromatic nitrogens is 1. The number of nitrogen functional groups attached to an aromatic ring is 1. The Hall–Kier alpha value is -3.80. The predicted octanol–water partition coefficient (Wildman–Crippen LogP) is 3.54. The molecule has 0 saturated carbocycles. The van der Waals surface area contributed by atoms with Crippen molar-refractivity contribution >= 4 is 54.2 Å². The summed E-state index contributed by atoms with van der Waals surface area (Å²) in [6, 6.07) is 21.6. The second kappa shape index (κ2) is 11.5. The lowest BCUT2D eigenvalue weighted by molar-refractivity contribution is -0.138. The number of thiazole rings is 1. The summed E-state index contributed by atoms with van der Waals surface area (Å²) in [4.78, 5) is 32.8. The fourth-order valence-electron chi connectivity index (χ4n) is 4.83. The van der Waals surface area contributed by atoms with Gasteiger partial charge in [-0.25, -0.2) is 18.1 Å². The highest BCUT2D eigenvalue weighted by Crippen LogP contribution is 2.27. The SMILES string of the molecule is Nc1nc2ccc(NC(=O)C3CCCN3C(=O)C(Cc3ccccc3)NS(=O)(=O)Cc3ccccc3)cc2s1. The van der Waals surface area contributed by atoms with Gasteiger partial charge in [-0.3, -0.25) is 9.59 Å². The fraction of sp³-hybridized carbons (Fsp3) is 0.250. The Bertz CT molecular complexity index is 1580. The molecular formula is C28H29N5O4S2. The van der Waals surface area contributed by atoms with Gasteiger partial charge in [-0.1, -0.05) is 72.0 Å². The van der Waals surface area contributed by atoms with Crippen molar-refractivity contribution in [1.82, 2.24) is 14.6 Å². The minimum absolute atomic E-state index is 0.169. The number of nitrogens with two attached hydrogens (primary N) is 1. The van der Waals surface area contributed by atoms with E-state index in [-0.39, 0.29) is 18.1 Å². The van der Waals surface area contributed by atoms with Gasteiger partial charge in [-0.15, -0.1) is 0 Å². The van der Waals surface area contributed by atoms with Crippen molar-refractivity contribution in [2.75, 3.05) is 17.6 Å². The van der Waals surface area contributed by atoms with Crippen LogP contribution in [0.4, 0.5) is 10.8 Å². The summed E-state index contributed by atoms with van der Waals surface area (Å²) in [5, 5.41) is 3.35. The van der Waals surface area contributed by atoms with E-state index in [0.29, 0.717) is 35.8 Å². The summed E-state index contributed by atoms with van der Waals surface area (Å²) < 4.78 is 29.7. The van der Waals surface area contributed by atoms with Gasteiger partial charge in [0.25, 0.3) is 0 Å². The summed E-state index contributed by atoms with van der Waals surface area (Å²) >= 11 is 1.33. The van der Waals surface area contributed by atoms with Crippen LogP contribution in [-0.4, -0.2) is 48.7 Å². The van der Waals surface area contributed by atoms with Crippen LogP contribution in [0.25, 0.3) is 10.2 Å². The summed E-state index contributed by atoms with van der Waals surface area (Å²) in [6.07, 6.45) is 1.30. The molecule has 202 valence electrons. The highest BCUT2D eigenvalue weighted by Gasteiger charge is 2.38. The van der Waals surface area contributed by atoms with Crippen molar-refractivity contribution in [2.45, 2.75) is 37.1 Å². The van der Waals surface area contributed by atoms with Crippen molar-refractivity contribution in [3.63, 3.8) is 0 Å². The Morgan fingerprint density at radius 2 is 1.72 bits per heavy atom. The lowest BCUT2D eigenvalue weighted by atomic mass is 10.1. The first-order valence-corrected chi connectivity index (χ1v) is 15.1. The standard InChI is InChI=1S/C28H29N5O4S2/c29-28-31-22-14-13-21(17-25(22)38-28)30-26(34)24-12-7-15-33(24)27(35)23(16-19-8-3-1-4-9-19)32-39(36,37)18-20-10-5-2-6-11-20/h1-6,8-11,13-14,17,23-24,32H,7,12,15-16,18H2,(H2,29,31)(H,30,34). The molecule has 1 saturated heterocycles. The van der Waals surface area contributed by atoms with E-state index >= 15 is 0 Å². The van der Waals surface area contributed by atoms with E-state index in [1.54, 1.807) is 42.5 Å². The van der Waals surface area contributed by atoms with Crippen LogP contribution in [0.5, 0.6) is 0 Å². The molecule has 4 aromatic rings. The average molecular weight is 564 g/mol. The van der Waals surface area contributed by atoms with Crippen LogP contribution in [0.3, 0.4) is 0 Å². The molecule has 2 heterocycles. The van der Waals surface area contributed by atoms with E-state index in [4.69, 9.17) is 5.73 Å². The zero-order valence-electron chi connectivity index (χ0n) is 21.1. The Morgan fingerprint density at radius 1 is 1.03 bits per heavy atom. The molecule has 1 aliphatic rings. The fourth-order valence-corrected chi connectivity index (χ4v) is 6.94. The third-order valence-electron chi connectivity index (χ3n) is 6.61. The van der Waals surface area contributed by atoms with Gasteiger partial charge in [0.1, 0.15) is 12.1 Å². The van der Waals surface area contributed by atoms with Crippen LogP contribution in [0.1, 0.15) is 24.0 Å². The van der Waals surface area contributed by atoms with E-state index < -0.39 is 28.0 Å². The van der Waals surface area contributed by atoms with Gasteiger partial charge >= 0.3 is 0 Å². The lowest BCUT2D eigenvalue weighted by Gasteiger charge is -2.29. The minimum atomic E-state index is -3.85. The molecule has 5 rings (SSSR count). The minimum Gasteiger partial charge on any atom is -0.375 e. The molecule has 11 heteroatoms. The van der Waals surface area contributed by atoms with E-state index in [9.17, 15) is 18.0 Å². The van der Waals surface area contributed by atoms with Crippen molar-refractivity contribution in [1.29, 1.82) is 0 Å². The molecule has 0 radical (unpaired) electrons. The Kier molecular flexibility index (Phi) is 7.92. The number of hydrogen-bond acceptors (Lipinski definition) is 7. The number of rotatable bonds is 9. The monoisotopic (exact) mass is 563 g/mol. The van der Waals surface area contributed by atoms with Crippen LogP contribution in [0, 0.1) is 0 Å². The number of hydrogen-bond donors (Lipinski definition) is 3. The second-order valence-corrected chi connectivity index (χ2v) is 12.3. The van der Waals surface area contributed by atoms with Crippen LogP contribution in [-0.2, 0) is 31.8 Å². The normalized spacial score (nSPS) is 16.3. The van der Waals surface area contributed by atoms with Gasteiger partial charge in [-0.2, -0.15) is 0 Å². The molecule has 2 atom stereocenters. The zero-order valence-corrected chi connectivity index (χ0v) is 22.8. The predicted molar refractivity (Wildman–Crippen MR) is 154 cm³/mol. The Balaban J connectivity index is 1.34. The van der Waals surface area contributed by atoms with Gasteiger partial charge in [0.15, 0.2) is 5.13 Å². The van der Waals surface area contributed by atoms with Gasteiger partial charge in [0.2, 0.25) is 21.8 Å². The number of fused-ring (bicyclic) bond motifs is 1. The molecule has 2 amide bonds. The summed E-state index contributed by atoms with van der Waals surface area (Å²) in [5.41, 5.74) is 8.56. The van der Waals surface area contributed by atoms with E-state index in [0.717, 1.165) is 15.8 Å².